The first-order chi connectivity index (χ1) is 7.35. The molecule has 2 nitrogen and oxygen atoms in total. The molecular formula is C13H30N2. The molecule has 1 spiro atoms. The fourth-order valence-electron chi connectivity index (χ4n) is 2.20. The van der Waals surface area contributed by atoms with Crippen molar-refractivity contribution in [2.24, 2.45) is 0 Å². The Morgan fingerprint density at radius 1 is 1.00 bits per heavy atom. The van der Waals surface area contributed by atoms with Crippen molar-refractivity contribution < 1.29 is 0 Å². The van der Waals surface area contributed by atoms with E-state index in [0.717, 1.165) is 0 Å². The molecule has 0 aliphatic carbocycles. The highest BCUT2D eigenvalue weighted by molar-refractivity contribution is 4.99. The molecule has 0 aromatic heterocycles. The summed E-state index contributed by atoms with van der Waals surface area (Å²) in [6.07, 6.45) is 4.17. The van der Waals surface area contributed by atoms with Gasteiger partial charge in [-0.2, -0.15) is 0 Å². The normalized spacial score (nSPS) is 23.0. The van der Waals surface area contributed by atoms with Crippen molar-refractivity contribution in [3.05, 3.63) is 0 Å². The Labute approximate surface area is 96.4 Å². The molecule has 0 bridgehead atoms. The van der Waals surface area contributed by atoms with Gasteiger partial charge in [0.15, 0.2) is 0 Å². The predicted octanol–water partition coefficient (Wildman–Crippen LogP) is 2.89. The van der Waals surface area contributed by atoms with Crippen LogP contribution in [0.3, 0.4) is 0 Å². The fraction of sp³-hybridized carbons (Fsp3) is 1.00. The zero-order chi connectivity index (χ0) is 11.7. The molecule has 0 atom stereocenters. The van der Waals surface area contributed by atoms with Crippen molar-refractivity contribution in [2.75, 3.05) is 26.2 Å². The van der Waals surface area contributed by atoms with Gasteiger partial charge in [0.25, 0.3) is 0 Å². The van der Waals surface area contributed by atoms with Crippen molar-refractivity contribution >= 4 is 0 Å². The first-order valence-electron chi connectivity index (χ1n) is 6.82. The van der Waals surface area contributed by atoms with Gasteiger partial charge < -0.3 is 10.2 Å². The molecule has 15 heavy (non-hydrogen) atoms. The van der Waals surface area contributed by atoms with E-state index in [2.05, 4.69) is 17.1 Å². The van der Waals surface area contributed by atoms with Gasteiger partial charge in [-0.05, 0) is 45.4 Å². The van der Waals surface area contributed by atoms with Crippen LogP contribution in [-0.2, 0) is 0 Å². The Kier molecular flexibility index (Phi) is 8.07. The minimum atomic E-state index is 0.589. The Hall–Kier alpha value is -0.0800. The summed E-state index contributed by atoms with van der Waals surface area (Å²) in [5, 5.41) is 3.58. The van der Waals surface area contributed by atoms with E-state index in [-0.39, 0.29) is 0 Å². The lowest BCUT2D eigenvalue weighted by atomic mass is 9.79. The minimum absolute atomic E-state index is 0.589. The lowest BCUT2D eigenvalue weighted by Gasteiger charge is -2.48. The number of nitrogens with zero attached hydrogens (tertiary/aromatic N) is 1. The third kappa shape index (κ3) is 4.12. The molecule has 2 aliphatic heterocycles. The van der Waals surface area contributed by atoms with E-state index < -0.39 is 0 Å². The quantitative estimate of drug-likeness (QED) is 0.722. The van der Waals surface area contributed by atoms with E-state index in [1.54, 1.807) is 0 Å². The molecule has 2 rings (SSSR count). The number of hydrogen-bond donors (Lipinski definition) is 1. The molecule has 2 heterocycles. The van der Waals surface area contributed by atoms with Crippen LogP contribution in [0, 0.1) is 0 Å². The molecule has 2 saturated heterocycles. The first-order valence-corrected chi connectivity index (χ1v) is 6.82. The molecule has 2 heteroatoms. The molecule has 92 valence electrons. The van der Waals surface area contributed by atoms with Crippen LogP contribution in [0.1, 0.15) is 53.9 Å². The summed E-state index contributed by atoms with van der Waals surface area (Å²) in [6, 6.07) is 0. The van der Waals surface area contributed by atoms with Gasteiger partial charge in [-0.3, -0.25) is 0 Å². The Morgan fingerprint density at radius 2 is 1.47 bits per heavy atom. The van der Waals surface area contributed by atoms with Crippen molar-refractivity contribution in [1.82, 2.24) is 10.2 Å². The van der Waals surface area contributed by atoms with Crippen LogP contribution in [0.15, 0.2) is 0 Å². The van der Waals surface area contributed by atoms with Crippen LogP contribution in [0.25, 0.3) is 0 Å². The highest BCUT2D eigenvalue weighted by Gasteiger charge is 2.38. The Bertz CT molecular complexity index is 131. The van der Waals surface area contributed by atoms with Crippen molar-refractivity contribution in [3.8, 4) is 0 Å². The van der Waals surface area contributed by atoms with Gasteiger partial charge in [-0.15, -0.1) is 0 Å². The lowest BCUT2D eigenvalue weighted by Crippen LogP contribution is -2.61. The van der Waals surface area contributed by atoms with Gasteiger partial charge in [0.1, 0.15) is 0 Å². The third-order valence-corrected chi connectivity index (χ3v) is 3.36. The van der Waals surface area contributed by atoms with Crippen LogP contribution >= 0.6 is 0 Å². The van der Waals surface area contributed by atoms with Crippen molar-refractivity contribution in [3.63, 3.8) is 0 Å². The summed E-state index contributed by atoms with van der Waals surface area (Å²) in [4.78, 5) is 2.55. The van der Waals surface area contributed by atoms with Gasteiger partial charge in [0.05, 0.1) is 0 Å². The second-order valence-electron chi connectivity index (χ2n) is 3.89. The van der Waals surface area contributed by atoms with Crippen LogP contribution in [-0.4, -0.2) is 36.6 Å². The Balaban J connectivity index is 0.000000442. The molecule has 0 unspecified atom stereocenters. The van der Waals surface area contributed by atoms with E-state index >= 15 is 0 Å². The molecule has 0 amide bonds. The number of piperidine rings is 1. The molecule has 0 aromatic carbocycles. The number of rotatable bonds is 1. The molecule has 2 fully saturated rings. The van der Waals surface area contributed by atoms with Gasteiger partial charge in [0, 0.05) is 5.54 Å². The molecule has 0 aromatic rings. The SMILES string of the molecule is CC.CC.CCN1CCC2(CCN2)CC1. The van der Waals surface area contributed by atoms with E-state index in [1.165, 1.54) is 45.4 Å². The first kappa shape index (κ1) is 14.9. The van der Waals surface area contributed by atoms with Crippen LogP contribution in [0.2, 0.25) is 0 Å². The summed E-state index contributed by atoms with van der Waals surface area (Å²) in [5.74, 6) is 0. The van der Waals surface area contributed by atoms with Crippen LogP contribution in [0.4, 0.5) is 0 Å². The summed E-state index contributed by atoms with van der Waals surface area (Å²) >= 11 is 0. The number of nitrogens with one attached hydrogen (secondary N) is 1. The monoisotopic (exact) mass is 214 g/mol. The maximum Gasteiger partial charge on any atom is 0.0217 e. The standard InChI is InChI=1S/C9H18N2.2C2H6/c1-2-11-7-4-9(5-8-11)3-6-10-9;2*1-2/h10H,2-8H2,1H3;2*1-2H3. The van der Waals surface area contributed by atoms with Gasteiger partial charge in [0.2, 0.25) is 0 Å². The Morgan fingerprint density at radius 3 is 1.73 bits per heavy atom. The van der Waals surface area contributed by atoms with E-state index in [9.17, 15) is 0 Å². The highest BCUT2D eigenvalue weighted by Crippen LogP contribution is 2.30. The molecule has 0 radical (unpaired) electrons. The largest absolute Gasteiger partial charge is 0.311 e. The zero-order valence-electron chi connectivity index (χ0n) is 11.4. The third-order valence-electron chi connectivity index (χ3n) is 3.36. The molecular weight excluding hydrogens is 184 g/mol. The predicted molar refractivity (Wildman–Crippen MR) is 69.4 cm³/mol. The van der Waals surface area contributed by atoms with E-state index in [4.69, 9.17) is 0 Å². The molecule has 1 N–H and O–H groups in total. The minimum Gasteiger partial charge on any atom is -0.311 e. The van der Waals surface area contributed by atoms with Gasteiger partial charge in [-0.25, -0.2) is 0 Å². The van der Waals surface area contributed by atoms with Crippen molar-refractivity contribution in [2.45, 2.75) is 59.4 Å². The smallest absolute Gasteiger partial charge is 0.0217 e. The molecule has 2 aliphatic rings. The second kappa shape index (κ2) is 8.12. The maximum absolute atomic E-state index is 3.58. The summed E-state index contributed by atoms with van der Waals surface area (Å²) in [5.41, 5.74) is 0.589. The summed E-state index contributed by atoms with van der Waals surface area (Å²) < 4.78 is 0. The van der Waals surface area contributed by atoms with Gasteiger partial charge in [-0.1, -0.05) is 34.6 Å². The number of likely N-dealkylation sites (tertiary alicyclic amines) is 1. The van der Waals surface area contributed by atoms with E-state index in [1.807, 2.05) is 27.7 Å². The number of hydrogen-bond acceptors (Lipinski definition) is 2. The summed E-state index contributed by atoms with van der Waals surface area (Å²) in [7, 11) is 0. The average molecular weight is 214 g/mol. The van der Waals surface area contributed by atoms with Crippen molar-refractivity contribution in [1.29, 1.82) is 0 Å². The average Bonchev–Trinajstić information content (AvgIpc) is 2.32. The van der Waals surface area contributed by atoms with E-state index in [0.29, 0.717) is 5.54 Å². The second-order valence-corrected chi connectivity index (χ2v) is 3.89. The highest BCUT2D eigenvalue weighted by atomic mass is 15.2. The maximum atomic E-state index is 3.58. The topological polar surface area (TPSA) is 15.3 Å². The van der Waals surface area contributed by atoms with Crippen LogP contribution in [0.5, 0.6) is 0 Å². The summed E-state index contributed by atoms with van der Waals surface area (Å²) in [6.45, 7) is 15.4. The fourth-order valence-corrected chi connectivity index (χ4v) is 2.20. The van der Waals surface area contributed by atoms with Crippen LogP contribution < -0.4 is 5.32 Å². The lowest BCUT2D eigenvalue weighted by molar-refractivity contribution is 0.0882. The molecule has 0 saturated carbocycles. The zero-order valence-corrected chi connectivity index (χ0v) is 11.4. The van der Waals surface area contributed by atoms with Gasteiger partial charge >= 0.3 is 0 Å².